The van der Waals surface area contributed by atoms with Crippen LogP contribution < -0.4 is 20.3 Å². The number of anilines is 1. The van der Waals surface area contributed by atoms with Crippen LogP contribution in [0.5, 0.6) is 11.5 Å². The first-order chi connectivity index (χ1) is 17.0. The number of halogens is 2. The highest BCUT2D eigenvalue weighted by Gasteiger charge is 2.20. The highest BCUT2D eigenvalue weighted by molar-refractivity contribution is 6.31. The maximum absolute atomic E-state index is 14.2. The topological polar surface area (TPSA) is 83.7 Å². The molecule has 0 saturated carbocycles. The number of pyridine rings is 1. The Balaban J connectivity index is 1.49. The molecular formula is C26H21ClFN3O4. The van der Waals surface area contributed by atoms with Crippen LogP contribution in [0.25, 0.3) is 10.9 Å². The fourth-order valence-corrected chi connectivity index (χ4v) is 4.10. The lowest BCUT2D eigenvalue weighted by molar-refractivity contribution is 0.172. The lowest BCUT2D eigenvalue weighted by Gasteiger charge is -2.24. The van der Waals surface area contributed by atoms with Gasteiger partial charge in [0.15, 0.2) is 11.5 Å². The van der Waals surface area contributed by atoms with Gasteiger partial charge in [-0.05, 0) is 35.9 Å². The quantitative estimate of drug-likeness (QED) is 0.394. The van der Waals surface area contributed by atoms with Crippen molar-refractivity contribution in [2.45, 2.75) is 13.1 Å². The molecule has 0 spiro atoms. The first kappa shape index (κ1) is 22.7. The molecule has 2 heterocycles. The van der Waals surface area contributed by atoms with Crippen molar-refractivity contribution >= 4 is 34.2 Å². The maximum Gasteiger partial charge on any atom is 0.322 e. The second-order valence-corrected chi connectivity index (χ2v) is 8.47. The first-order valence-electron chi connectivity index (χ1n) is 11.0. The number of para-hydroxylation sites is 1. The lowest BCUT2D eigenvalue weighted by atomic mass is 10.1. The fourth-order valence-electron chi connectivity index (χ4n) is 3.90. The van der Waals surface area contributed by atoms with Crippen molar-refractivity contribution in [2.24, 2.45) is 0 Å². The Kier molecular flexibility index (Phi) is 6.29. The van der Waals surface area contributed by atoms with E-state index >= 15 is 0 Å². The van der Waals surface area contributed by atoms with Crippen molar-refractivity contribution in [3.8, 4) is 11.5 Å². The van der Waals surface area contributed by atoms with Crippen molar-refractivity contribution in [1.29, 1.82) is 0 Å². The molecule has 3 aromatic carbocycles. The van der Waals surface area contributed by atoms with E-state index in [2.05, 4.69) is 10.3 Å². The Hall–Kier alpha value is -4.04. The number of benzene rings is 3. The van der Waals surface area contributed by atoms with Crippen LogP contribution in [0.3, 0.4) is 0 Å². The predicted octanol–water partition coefficient (Wildman–Crippen LogP) is 5.33. The van der Waals surface area contributed by atoms with Gasteiger partial charge in [0, 0.05) is 28.6 Å². The number of ether oxygens (including phenoxy) is 2. The molecule has 178 valence electrons. The lowest BCUT2D eigenvalue weighted by Crippen LogP contribution is -2.36. The minimum Gasteiger partial charge on any atom is -0.486 e. The summed E-state index contributed by atoms with van der Waals surface area (Å²) in [6.45, 7) is 0.954. The van der Waals surface area contributed by atoms with Crippen LogP contribution in [-0.2, 0) is 13.1 Å². The summed E-state index contributed by atoms with van der Waals surface area (Å²) in [7, 11) is 0. The molecule has 5 rings (SSSR count). The molecule has 0 unspecified atom stereocenters. The number of aromatic nitrogens is 1. The summed E-state index contributed by atoms with van der Waals surface area (Å²) in [4.78, 5) is 30.4. The number of rotatable bonds is 5. The number of nitrogens with one attached hydrogen (secondary N) is 2. The van der Waals surface area contributed by atoms with Crippen molar-refractivity contribution in [2.75, 3.05) is 18.5 Å². The van der Waals surface area contributed by atoms with Crippen LogP contribution >= 0.6 is 11.6 Å². The SMILES string of the molecule is O=C(Nc1ccccc1F)N(Cc1ccccc1Cl)Cc1cc2cc3c(cc2[nH]c1=O)OCCO3. The van der Waals surface area contributed by atoms with Gasteiger partial charge in [0.25, 0.3) is 5.56 Å². The third kappa shape index (κ3) is 4.93. The molecule has 0 bridgehead atoms. The number of amides is 2. The van der Waals surface area contributed by atoms with Gasteiger partial charge in [-0.15, -0.1) is 0 Å². The zero-order valence-corrected chi connectivity index (χ0v) is 19.3. The molecule has 0 saturated heterocycles. The molecule has 2 N–H and O–H groups in total. The monoisotopic (exact) mass is 493 g/mol. The summed E-state index contributed by atoms with van der Waals surface area (Å²) >= 11 is 6.33. The molecule has 2 amide bonds. The smallest absolute Gasteiger partial charge is 0.322 e. The van der Waals surface area contributed by atoms with Gasteiger partial charge < -0.3 is 24.7 Å². The third-order valence-electron chi connectivity index (χ3n) is 5.67. The molecule has 1 aliphatic rings. The van der Waals surface area contributed by atoms with E-state index in [1.807, 2.05) is 6.07 Å². The number of hydrogen-bond donors (Lipinski definition) is 2. The van der Waals surface area contributed by atoms with Crippen molar-refractivity contribution in [3.63, 3.8) is 0 Å². The van der Waals surface area contributed by atoms with E-state index in [0.717, 1.165) is 5.39 Å². The molecule has 1 aliphatic heterocycles. The molecule has 0 radical (unpaired) electrons. The Morgan fingerprint density at radius 2 is 1.66 bits per heavy atom. The largest absolute Gasteiger partial charge is 0.486 e. The van der Waals surface area contributed by atoms with Gasteiger partial charge in [-0.2, -0.15) is 0 Å². The average molecular weight is 494 g/mol. The zero-order chi connectivity index (χ0) is 24.4. The highest BCUT2D eigenvalue weighted by Crippen LogP contribution is 2.33. The van der Waals surface area contributed by atoms with E-state index in [-0.39, 0.29) is 24.3 Å². The van der Waals surface area contributed by atoms with E-state index in [0.29, 0.717) is 46.4 Å². The molecule has 1 aromatic heterocycles. The summed E-state index contributed by atoms with van der Waals surface area (Å²) in [5.41, 5.74) is 1.32. The molecule has 7 nitrogen and oxygen atoms in total. The normalized spacial score (nSPS) is 12.4. The molecule has 35 heavy (non-hydrogen) atoms. The summed E-state index contributed by atoms with van der Waals surface area (Å²) in [6.07, 6.45) is 0. The van der Waals surface area contributed by atoms with Crippen LogP contribution in [0.1, 0.15) is 11.1 Å². The van der Waals surface area contributed by atoms with E-state index in [1.165, 1.54) is 23.1 Å². The first-order valence-corrected chi connectivity index (χ1v) is 11.3. The van der Waals surface area contributed by atoms with Crippen LogP contribution in [0.2, 0.25) is 5.02 Å². The number of H-pyrrole nitrogens is 1. The van der Waals surface area contributed by atoms with Crippen LogP contribution in [0.4, 0.5) is 14.9 Å². The van der Waals surface area contributed by atoms with Gasteiger partial charge in [0.1, 0.15) is 19.0 Å². The van der Waals surface area contributed by atoms with Crippen molar-refractivity contribution in [3.05, 3.63) is 99.1 Å². The van der Waals surface area contributed by atoms with Crippen molar-refractivity contribution in [1.82, 2.24) is 9.88 Å². The number of hydrogen-bond acceptors (Lipinski definition) is 4. The standard InChI is InChI=1S/C26H21ClFN3O4/c27-19-6-2-1-5-16(19)14-31(26(33)30-21-8-4-3-7-20(21)28)15-18-11-17-12-23-24(35-10-9-34-23)13-22(17)29-25(18)32/h1-8,11-13H,9-10,14-15H2,(H,29,32)(H,30,33). The van der Waals surface area contributed by atoms with Crippen molar-refractivity contribution < 1.29 is 18.7 Å². The minimum atomic E-state index is -0.573. The zero-order valence-electron chi connectivity index (χ0n) is 18.5. The third-order valence-corrected chi connectivity index (χ3v) is 6.04. The van der Waals surface area contributed by atoms with Gasteiger partial charge in [0.05, 0.1) is 17.7 Å². The summed E-state index contributed by atoms with van der Waals surface area (Å²) in [5.74, 6) is 0.595. The number of nitrogens with zero attached hydrogens (tertiary/aromatic N) is 1. The van der Waals surface area contributed by atoms with Gasteiger partial charge in [-0.1, -0.05) is 41.9 Å². The maximum atomic E-state index is 14.2. The molecule has 4 aromatic rings. The molecule has 0 atom stereocenters. The number of fused-ring (bicyclic) bond motifs is 2. The molecule has 9 heteroatoms. The Morgan fingerprint density at radius 3 is 2.43 bits per heavy atom. The van der Waals surface area contributed by atoms with Gasteiger partial charge in [-0.25, -0.2) is 9.18 Å². The van der Waals surface area contributed by atoms with E-state index in [1.54, 1.807) is 42.5 Å². The van der Waals surface area contributed by atoms with Gasteiger partial charge in [-0.3, -0.25) is 4.79 Å². The van der Waals surface area contributed by atoms with Crippen LogP contribution in [-0.4, -0.2) is 29.1 Å². The number of urea groups is 1. The number of carbonyl (C=O) groups is 1. The summed E-state index contributed by atoms with van der Waals surface area (Å²) in [6, 6.07) is 17.6. The molecule has 0 aliphatic carbocycles. The second kappa shape index (κ2) is 9.68. The Morgan fingerprint density at radius 1 is 0.971 bits per heavy atom. The second-order valence-electron chi connectivity index (χ2n) is 8.06. The fraction of sp³-hybridized carbons (Fsp3) is 0.154. The number of aromatic amines is 1. The number of carbonyl (C=O) groups excluding carboxylic acids is 1. The molecular weight excluding hydrogens is 473 g/mol. The molecule has 0 fully saturated rings. The van der Waals surface area contributed by atoms with Gasteiger partial charge in [0.2, 0.25) is 0 Å². The summed E-state index contributed by atoms with van der Waals surface area (Å²) in [5, 5.41) is 3.80. The predicted molar refractivity (Wildman–Crippen MR) is 132 cm³/mol. The van der Waals surface area contributed by atoms with Gasteiger partial charge >= 0.3 is 6.03 Å². The average Bonchev–Trinajstić information content (AvgIpc) is 2.85. The van der Waals surface area contributed by atoms with Crippen LogP contribution in [0, 0.1) is 5.82 Å². The Bertz CT molecular complexity index is 1470. The van der Waals surface area contributed by atoms with E-state index in [4.69, 9.17) is 21.1 Å². The summed E-state index contributed by atoms with van der Waals surface area (Å²) < 4.78 is 25.4. The van der Waals surface area contributed by atoms with E-state index in [9.17, 15) is 14.0 Å². The Labute approximate surface area is 205 Å². The minimum absolute atomic E-state index is 0.0365. The highest BCUT2D eigenvalue weighted by atomic mass is 35.5. The van der Waals surface area contributed by atoms with Crippen LogP contribution in [0.15, 0.2) is 71.5 Å². The van der Waals surface area contributed by atoms with E-state index < -0.39 is 11.8 Å².